The van der Waals surface area contributed by atoms with Gasteiger partial charge in [0.25, 0.3) is 0 Å². The van der Waals surface area contributed by atoms with Crippen molar-refractivity contribution in [2.45, 2.75) is 33.6 Å². The van der Waals surface area contributed by atoms with Crippen LogP contribution >= 0.6 is 11.6 Å². The second-order valence-electron chi connectivity index (χ2n) is 5.08. The largest absolute Gasteiger partial charge is 0.355 e. The van der Waals surface area contributed by atoms with Gasteiger partial charge in [-0.2, -0.15) is 0 Å². The van der Waals surface area contributed by atoms with Crippen molar-refractivity contribution in [2.75, 3.05) is 18.0 Å². The van der Waals surface area contributed by atoms with Crippen LogP contribution in [0.4, 0.5) is 5.82 Å². The molecule has 2 aromatic rings. The lowest BCUT2D eigenvalue weighted by atomic mass is 10.0. The molecule has 0 fully saturated rings. The third-order valence-corrected chi connectivity index (χ3v) is 4.22. The Morgan fingerprint density at radius 1 is 1.05 bits per heavy atom. The summed E-state index contributed by atoms with van der Waals surface area (Å²) in [5.41, 5.74) is 0. The highest BCUT2D eigenvalue weighted by atomic mass is 35.5. The highest BCUT2D eigenvalue weighted by Crippen LogP contribution is 2.28. The van der Waals surface area contributed by atoms with E-state index in [9.17, 15) is 0 Å². The van der Waals surface area contributed by atoms with Crippen LogP contribution in [0.1, 0.15) is 33.6 Å². The zero-order valence-corrected chi connectivity index (χ0v) is 13.2. The van der Waals surface area contributed by atoms with Crippen LogP contribution in [0.5, 0.6) is 0 Å². The molecule has 0 N–H and O–H groups in total. The summed E-state index contributed by atoms with van der Waals surface area (Å²) in [6.07, 6.45) is 2.37. The fraction of sp³-hybridized carbons (Fsp3) is 0.500. The van der Waals surface area contributed by atoms with Gasteiger partial charge in [0, 0.05) is 23.9 Å². The van der Waals surface area contributed by atoms with Crippen LogP contribution in [0.3, 0.4) is 0 Å². The Morgan fingerprint density at radius 2 is 1.70 bits per heavy atom. The van der Waals surface area contributed by atoms with Gasteiger partial charge < -0.3 is 4.90 Å². The van der Waals surface area contributed by atoms with Crippen LogP contribution in [0.15, 0.2) is 24.3 Å². The number of halogens is 1. The Labute approximate surface area is 126 Å². The van der Waals surface area contributed by atoms with Crippen LogP contribution < -0.4 is 4.90 Å². The van der Waals surface area contributed by atoms with Crippen LogP contribution in [0.2, 0.25) is 5.15 Å². The van der Waals surface area contributed by atoms with Crippen LogP contribution in [0, 0.1) is 5.92 Å². The molecule has 108 valence electrons. The molecule has 0 spiro atoms. The van der Waals surface area contributed by atoms with Crippen molar-refractivity contribution in [3.05, 3.63) is 29.4 Å². The maximum atomic E-state index is 6.15. The lowest BCUT2D eigenvalue weighted by molar-refractivity contribution is 0.484. The van der Waals surface area contributed by atoms with E-state index < -0.39 is 0 Å². The normalized spacial score (nSPS) is 11.2. The lowest BCUT2D eigenvalue weighted by Crippen LogP contribution is -2.30. The molecule has 0 unspecified atom stereocenters. The second-order valence-corrected chi connectivity index (χ2v) is 5.44. The van der Waals surface area contributed by atoms with Crippen molar-refractivity contribution in [3.8, 4) is 0 Å². The molecule has 0 aliphatic carbocycles. The Hall–Kier alpha value is -1.35. The van der Waals surface area contributed by atoms with Gasteiger partial charge in [-0.25, -0.2) is 0 Å². The van der Waals surface area contributed by atoms with Gasteiger partial charge >= 0.3 is 0 Å². The molecule has 0 saturated carbocycles. The molecule has 1 heterocycles. The fourth-order valence-corrected chi connectivity index (χ4v) is 2.72. The van der Waals surface area contributed by atoms with Crippen molar-refractivity contribution in [2.24, 2.45) is 5.92 Å². The van der Waals surface area contributed by atoms with E-state index >= 15 is 0 Å². The molecule has 3 nitrogen and oxygen atoms in total. The Morgan fingerprint density at radius 3 is 2.30 bits per heavy atom. The average Bonchev–Trinajstić information content (AvgIpc) is 2.50. The van der Waals surface area contributed by atoms with Gasteiger partial charge in [-0.3, -0.25) is 0 Å². The van der Waals surface area contributed by atoms with E-state index in [4.69, 9.17) is 11.6 Å². The maximum absolute atomic E-state index is 6.15. The molecule has 0 atom stereocenters. The first kappa shape index (κ1) is 15.0. The van der Waals surface area contributed by atoms with Gasteiger partial charge in [-0.15, -0.1) is 10.2 Å². The summed E-state index contributed by atoms with van der Waals surface area (Å²) in [5.74, 6) is 1.63. The first-order valence-electron chi connectivity index (χ1n) is 7.37. The standard InChI is InChI=1S/C16H22ClN3/c1-4-12(5-2)11-20(6-3)16-14-10-8-7-9-13(14)15(17)18-19-16/h7-10,12H,4-6,11H2,1-3H3. The topological polar surface area (TPSA) is 29.0 Å². The maximum Gasteiger partial charge on any atom is 0.159 e. The number of benzene rings is 1. The number of fused-ring (bicyclic) bond motifs is 1. The first-order chi connectivity index (χ1) is 9.71. The van der Waals surface area contributed by atoms with E-state index in [1.165, 1.54) is 12.8 Å². The van der Waals surface area contributed by atoms with Crippen molar-refractivity contribution < 1.29 is 0 Å². The van der Waals surface area contributed by atoms with E-state index in [-0.39, 0.29) is 0 Å². The summed E-state index contributed by atoms with van der Waals surface area (Å²) in [4.78, 5) is 2.31. The molecular weight excluding hydrogens is 270 g/mol. The SMILES string of the molecule is CCC(CC)CN(CC)c1nnc(Cl)c2ccccc12. The number of aromatic nitrogens is 2. The second kappa shape index (κ2) is 6.89. The molecule has 1 aromatic heterocycles. The van der Waals surface area contributed by atoms with Gasteiger partial charge in [-0.1, -0.05) is 62.6 Å². The van der Waals surface area contributed by atoms with Crippen molar-refractivity contribution in [3.63, 3.8) is 0 Å². The smallest absolute Gasteiger partial charge is 0.159 e. The summed E-state index contributed by atoms with van der Waals surface area (Å²) in [7, 11) is 0. The Kier molecular flexibility index (Phi) is 5.18. The molecule has 0 aliphatic rings. The molecule has 0 bridgehead atoms. The molecule has 0 aliphatic heterocycles. The lowest BCUT2D eigenvalue weighted by Gasteiger charge is -2.27. The molecule has 4 heteroatoms. The highest BCUT2D eigenvalue weighted by molar-refractivity contribution is 6.34. The highest BCUT2D eigenvalue weighted by Gasteiger charge is 2.16. The molecule has 2 rings (SSSR count). The van der Waals surface area contributed by atoms with Gasteiger partial charge in [0.05, 0.1) is 0 Å². The van der Waals surface area contributed by atoms with E-state index in [1.54, 1.807) is 0 Å². The molecular formula is C16H22ClN3. The predicted octanol–water partition coefficient (Wildman–Crippen LogP) is 4.55. The van der Waals surface area contributed by atoms with E-state index in [1.807, 2.05) is 18.2 Å². The monoisotopic (exact) mass is 291 g/mol. The summed E-state index contributed by atoms with van der Waals surface area (Å²) in [6, 6.07) is 8.08. The van der Waals surface area contributed by atoms with E-state index in [0.29, 0.717) is 11.1 Å². The van der Waals surface area contributed by atoms with Gasteiger partial charge in [-0.05, 0) is 12.8 Å². The van der Waals surface area contributed by atoms with Gasteiger partial charge in [0.1, 0.15) is 0 Å². The number of anilines is 1. The average molecular weight is 292 g/mol. The van der Waals surface area contributed by atoms with Gasteiger partial charge in [0.2, 0.25) is 0 Å². The number of hydrogen-bond acceptors (Lipinski definition) is 3. The fourth-order valence-electron chi connectivity index (χ4n) is 2.51. The summed E-state index contributed by atoms with van der Waals surface area (Å²) < 4.78 is 0. The summed E-state index contributed by atoms with van der Waals surface area (Å²) >= 11 is 6.15. The van der Waals surface area contributed by atoms with E-state index in [0.717, 1.165) is 29.7 Å². The Balaban J connectivity index is 2.42. The molecule has 20 heavy (non-hydrogen) atoms. The number of hydrogen-bond donors (Lipinski definition) is 0. The van der Waals surface area contributed by atoms with Gasteiger partial charge in [0.15, 0.2) is 11.0 Å². The molecule has 0 saturated heterocycles. The first-order valence-corrected chi connectivity index (χ1v) is 7.74. The van der Waals surface area contributed by atoms with Crippen LogP contribution in [0.25, 0.3) is 10.8 Å². The van der Waals surface area contributed by atoms with Crippen LogP contribution in [-0.4, -0.2) is 23.3 Å². The van der Waals surface area contributed by atoms with E-state index in [2.05, 4.69) is 41.9 Å². The van der Waals surface area contributed by atoms with Crippen LogP contribution in [-0.2, 0) is 0 Å². The zero-order valence-electron chi connectivity index (χ0n) is 12.4. The third kappa shape index (κ3) is 3.04. The Bertz CT molecular complexity index is 567. The number of rotatable bonds is 6. The molecule has 0 amide bonds. The van der Waals surface area contributed by atoms with Crippen molar-refractivity contribution in [1.82, 2.24) is 10.2 Å². The minimum atomic E-state index is 0.475. The quantitative estimate of drug-likeness (QED) is 0.782. The summed E-state index contributed by atoms with van der Waals surface area (Å²) in [5, 5.41) is 11.0. The van der Waals surface area contributed by atoms with Crippen molar-refractivity contribution in [1.29, 1.82) is 0 Å². The minimum Gasteiger partial charge on any atom is -0.355 e. The third-order valence-electron chi connectivity index (χ3n) is 3.94. The van der Waals surface area contributed by atoms with Crippen molar-refractivity contribution >= 4 is 28.2 Å². The molecule has 0 radical (unpaired) electrons. The molecule has 1 aromatic carbocycles. The minimum absolute atomic E-state index is 0.475. The summed E-state index contributed by atoms with van der Waals surface area (Å²) in [6.45, 7) is 8.59. The number of nitrogens with zero attached hydrogens (tertiary/aromatic N) is 3. The zero-order chi connectivity index (χ0) is 14.5. The predicted molar refractivity (Wildman–Crippen MR) is 86.5 cm³/mol.